The lowest BCUT2D eigenvalue weighted by Crippen LogP contribution is -2.45. The van der Waals surface area contributed by atoms with E-state index in [2.05, 4.69) is 30.7 Å². The van der Waals surface area contributed by atoms with Crippen molar-refractivity contribution in [2.24, 2.45) is 0 Å². The third-order valence-electron chi connectivity index (χ3n) is 3.52. The highest BCUT2D eigenvalue weighted by Gasteiger charge is 2.22. The van der Waals surface area contributed by atoms with Crippen LogP contribution in [0.3, 0.4) is 0 Å². The number of hydrogen-bond acceptors (Lipinski definition) is 3. The topological polar surface area (TPSA) is 26.7 Å². The fraction of sp³-hybridized carbons (Fsp3) is 1.00. The fourth-order valence-corrected chi connectivity index (χ4v) is 2.35. The lowest BCUT2D eigenvalue weighted by Gasteiger charge is -2.38. The van der Waals surface area contributed by atoms with Gasteiger partial charge in [-0.2, -0.15) is 0 Å². The first kappa shape index (κ1) is 12.9. The number of piperidine rings is 1. The molecular formula is C12H26N2O. The number of rotatable bonds is 5. The van der Waals surface area contributed by atoms with E-state index in [1.807, 2.05) is 0 Å². The van der Waals surface area contributed by atoms with E-state index in [4.69, 9.17) is 5.11 Å². The van der Waals surface area contributed by atoms with Crippen LogP contribution in [0.1, 0.15) is 33.1 Å². The molecule has 0 saturated carbocycles. The maximum atomic E-state index is 8.79. The fourth-order valence-electron chi connectivity index (χ4n) is 2.35. The van der Waals surface area contributed by atoms with Gasteiger partial charge < -0.3 is 14.9 Å². The van der Waals surface area contributed by atoms with Crippen molar-refractivity contribution < 1.29 is 5.11 Å². The zero-order chi connectivity index (χ0) is 11.3. The molecule has 1 rings (SSSR count). The summed E-state index contributed by atoms with van der Waals surface area (Å²) in [7, 11) is 2.19. The summed E-state index contributed by atoms with van der Waals surface area (Å²) in [6.07, 6.45) is 3.46. The van der Waals surface area contributed by atoms with E-state index in [-0.39, 0.29) is 0 Å². The zero-order valence-corrected chi connectivity index (χ0v) is 10.4. The van der Waals surface area contributed by atoms with Crippen LogP contribution in [-0.4, -0.2) is 60.3 Å². The normalized spacial score (nSPS) is 20.4. The molecule has 1 aliphatic rings. The van der Waals surface area contributed by atoms with Crippen molar-refractivity contribution in [1.82, 2.24) is 9.80 Å². The first-order chi connectivity index (χ1) is 7.15. The molecule has 1 N–H and O–H groups in total. The highest BCUT2D eigenvalue weighted by Crippen LogP contribution is 2.17. The van der Waals surface area contributed by atoms with E-state index in [0.717, 1.165) is 19.0 Å². The van der Waals surface area contributed by atoms with Gasteiger partial charge in [-0.1, -0.05) is 0 Å². The second kappa shape index (κ2) is 6.46. The van der Waals surface area contributed by atoms with Gasteiger partial charge in [0.2, 0.25) is 0 Å². The number of aliphatic hydroxyl groups excluding tert-OH is 1. The minimum atomic E-state index is 0.315. The molecule has 90 valence electrons. The van der Waals surface area contributed by atoms with Crippen molar-refractivity contribution in [3.8, 4) is 0 Å². The van der Waals surface area contributed by atoms with Crippen LogP contribution >= 0.6 is 0 Å². The molecule has 3 heteroatoms. The smallest absolute Gasteiger partial charge is 0.0443 e. The summed E-state index contributed by atoms with van der Waals surface area (Å²) in [5, 5.41) is 8.79. The summed E-state index contributed by atoms with van der Waals surface area (Å²) in [5.74, 6) is 0. The van der Waals surface area contributed by atoms with Gasteiger partial charge in [-0.05, 0) is 53.2 Å². The molecule has 1 fully saturated rings. The van der Waals surface area contributed by atoms with Crippen LogP contribution in [0.4, 0.5) is 0 Å². The van der Waals surface area contributed by atoms with Gasteiger partial charge in [0.1, 0.15) is 0 Å². The van der Waals surface area contributed by atoms with Crippen LogP contribution in [0.15, 0.2) is 0 Å². The van der Waals surface area contributed by atoms with Gasteiger partial charge in [-0.15, -0.1) is 0 Å². The van der Waals surface area contributed by atoms with Crippen LogP contribution in [-0.2, 0) is 0 Å². The number of aliphatic hydroxyl groups is 1. The van der Waals surface area contributed by atoms with Crippen molar-refractivity contribution in [3.05, 3.63) is 0 Å². The molecule has 1 aliphatic heterocycles. The largest absolute Gasteiger partial charge is 0.396 e. The molecule has 1 saturated heterocycles. The molecule has 0 radical (unpaired) electrons. The molecule has 0 aromatic rings. The Morgan fingerprint density at radius 1 is 1.33 bits per heavy atom. The minimum Gasteiger partial charge on any atom is -0.396 e. The second-order valence-corrected chi connectivity index (χ2v) is 4.92. The van der Waals surface area contributed by atoms with Gasteiger partial charge in [0, 0.05) is 25.2 Å². The summed E-state index contributed by atoms with van der Waals surface area (Å²) in [4.78, 5) is 4.96. The van der Waals surface area contributed by atoms with E-state index in [0.29, 0.717) is 12.6 Å². The highest BCUT2D eigenvalue weighted by atomic mass is 16.3. The van der Waals surface area contributed by atoms with E-state index >= 15 is 0 Å². The summed E-state index contributed by atoms with van der Waals surface area (Å²) in [6, 6.07) is 1.42. The Balaban J connectivity index is 2.24. The van der Waals surface area contributed by atoms with Crippen molar-refractivity contribution >= 4 is 0 Å². The van der Waals surface area contributed by atoms with Crippen LogP contribution in [0.2, 0.25) is 0 Å². The Bertz CT molecular complexity index is 165. The minimum absolute atomic E-state index is 0.315. The molecular weight excluding hydrogens is 188 g/mol. The van der Waals surface area contributed by atoms with Crippen LogP contribution < -0.4 is 0 Å². The lowest BCUT2D eigenvalue weighted by atomic mass is 10.0. The third kappa shape index (κ3) is 4.09. The monoisotopic (exact) mass is 214 g/mol. The number of hydrogen-bond donors (Lipinski definition) is 1. The first-order valence-electron chi connectivity index (χ1n) is 6.20. The van der Waals surface area contributed by atoms with Crippen LogP contribution in [0.25, 0.3) is 0 Å². The van der Waals surface area contributed by atoms with E-state index in [1.165, 1.54) is 25.9 Å². The molecule has 0 aromatic carbocycles. The van der Waals surface area contributed by atoms with Crippen molar-refractivity contribution in [3.63, 3.8) is 0 Å². The molecule has 0 spiro atoms. The van der Waals surface area contributed by atoms with Gasteiger partial charge in [0.05, 0.1) is 0 Å². The molecule has 0 aliphatic carbocycles. The van der Waals surface area contributed by atoms with Gasteiger partial charge in [0.25, 0.3) is 0 Å². The van der Waals surface area contributed by atoms with Crippen molar-refractivity contribution in [2.75, 3.05) is 33.3 Å². The third-order valence-corrected chi connectivity index (χ3v) is 3.52. The zero-order valence-electron chi connectivity index (χ0n) is 10.4. The predicted octanol–water partition coefficient (Wildman–Crippen LogP) is 1.17. The quantitative estimate of drug-likeness (QED) is 0.744. The standard InChI is InChI=1S/C12H26N2O/c1-11(2)14-8-5-12(6-9-14)13(3)7-4-10-15/h11-12,15H,4-10H2,1-3H3. The summed E-state index contributed by atoms with van der Waals surface area (Å²) < 4.78 is 0. The molecule has 1 heterocycles. The molecule has 15 heavy (non-hydrogen) atoms. The van der Waals surface area contributed by atoms with Gasteiger partial charge in [0.15, 0.2) is 0 Å². The number of nitrogens with zero attached hydrogens (tertiary/aromatic N) is 2. The predicted molar refractivity (Wildman–Crippen MR) is 64.1 cm³/mol. The molecule has 0 unspecified atom stereocenters. The summed E-state index contributed by atoms with van der Waals surface area (Å²) >= 11 is 0. The van der Waals surface area contributed by atoms with Gasteiger partial charge >= 0.3 is 0 Å². The molecule has 0 amide bonds. The van der Waals surface area contributed by atoms with E-state index < -0.39 is 0 Å². The maximum absolute atomic E-state index is 8.79. The van der Waals surface area contributed by atoms with E-state index in [9.17, 15) is 0 Å². The SMILES string of the molecule is CC(C)N1CCC(N(C)CCCO)CC1. The average Bonchev–Trinajstić information content (AvgIpc) is 2.26. The Kier molecular flexibility index (Phi) is 5.58. The van der Waals surface area contributed by atoms with E-state index in [1.54, 1.807) is 0 Å². The summed E-state index contributed by atoms with van der Waals surface area (Å²) in [5.41, 5.74) is 0. The first-order valence-corrected chi connectivity index (χ1v) is 6.20. The number of likely N-dealkylation sites (tertiary alicyclic amines) is 1. The molecule has 0 aromatic heterocycles. The van der Waals surface area contributed by atoms with Crippen molar-refractivity contribution in [2.45, 2.75) is 45.2 Å². The maximum Gasteiger partial charge on any atom is 0.0443 e. The van der Waals surface area contributed by atoms with Crippen LogP contribution in [0.5, 0.6) is 0 Å². The van der Waals surface area contributed by atoms with Gasteiger partial charge in [-0.3, -0.25) is 0 Å². The Hall–Kier alpha value is -0.120. The summed E-state index contributed by atoms with van der Waals surface area (Å²) in [6.45, 7) is 8.35. The Labute approximate surface area is 94.1 Å². The van der Waals surface area contributed by atoms with Crippen molar-refractivity contribution in [1.29, 1.82) is 0 Å². The highest BCUT2D eigenvalue weighted by molar-refractivity contribution is 4.79. The Morgan fingerprint density at radius 3 is 2.40 bits per heavy atom. The molecule has 3 nitrogen and oxygen atoms in total. The molecule has 0 atom stereocenters. The lowest BCUT2D eigenvalue weighted by molar-refractivity contribution is 0.103. The second-order valence-electron chi connectivity index (χ2n) is 4.92. The van der Waals surface area contributed by atoms with Crippen LogP contribution in [0, 0.1) is 0 Å². The van der Waals surface area contributed by atoms with Gasteiger partial charge in [-0.25, -0.2) is 0 Å². The average molecular weight is 214 g/mol. The Morgan fingerprint density at radius 2 is 1.93 bits per heavy atom. The molecule has 0 bridgehead atoms.